The third-order valence-electron chi connectivity index (χ3n) is 3.07. The predicted octanol–water partition coefficient (Wildman–Crippen LogP) is 1.72. The van der Waals surface area contributed by atoms with Crippen molar-refractivity contribution in [3.8, 4) is 0 Å². The van der Waals surface area contributed by atoms with Crippen LogP contribution in [-0.4, -0.2) is 27.5 Å². The summed E-state index contributed by atoms with van der Waals surface area (Å²) in [6, 6.07) is 4.32. The van der Waals surface area contributed by atoms with Gasteiger partial charge in [0, 0.05) is 11.7 Å². The second-order valence-corrected chi connectivity index (χ2v) is 5.96. The molecule has 0 amide bonds. The van der Waals surface area contributed by atoms with Crippen LogP contribution in [0.1, 0.15) is 37.0 Å². The minimum Gasteiger partial charge on any atom is -0.465 e. The van der Waals surface area contributed by atoms with E-state index in [1.807, 2.05) is 13.8 Å². The number of sulfonamides is 1. The summed E-state index contributed by atoms with van der Waals surface area (Å²) >= 11 is 0. The number of hydrogen-bond acceptors (Lipinski definition) is 5. The lowest BCUT2D eigenvalue weighted by atomic mass is 10.1. The number of rotatable bonds is 6. The second-order valence-electron chi connectivity index (χ2n) is 4.40. The van der Waals surface area contributed by atoms with Crippen molar-refractivity contribution in [2.75, 3.05) is 12.4 Å². The Morgan fingerprint density at radius 3 is 2.40 bits per heavy atom. The van der Waals surface area contributed by atoms with Gasteiger partial charge in [0.15, 0.2) is 0 Å². The summed E-state index contributed by atoms with van der Waals surface area (Å²) in [7, 11) is -2.62. The maximum Gasteiger partial charge on any atom is 0.340 e. The average molecular weight is 300 g/mol. The number of anilines is 1. The third-order valence-corrected chi connectivity index (χ3v) is 3.98. The van der Waals surface area contributed by atoms with Gasteiger partial charge in [0.05, 0.1) is 17.6 Å². The molecule has 0 aliphatic rings. The van der Waals surface area contributed by atoms with E-state index < -0.39 is 16.0 Å². The highest BCUT2D eigenvalue weighted by molar-refractivity contribution is 7.89. The summed E-state index contributed by atoms with van der Waals surface area (Å²) in [5, 5.41) is 8.27. The zero-order valence-electron chi connectivity index (χ0n) is 11.8. The highest BCUT2D eigenvalue weighted by atomic mass is 32.2. The first kappa shape index (κ1) is 16.5. The smallest absolute Gasteiger partial charge is 0.340 e. The summed E-state index contributed by atoms with van der Waals surface area (Å²) in [6.45, 7) is 4.05. The van der Waals surface area contributed by atoms with Crippen molar-refractivity contribution in [2.45, 2.75) is 37.6 Å². The quantitative estimate of drug-likeness (QED) is 0.779. The molecule has 3 N–H and O–H groups in total. The van der Waals surface area contributed by atoms with Crippen LogP contribution < -0.4 is 10.5 Å². The molecule has 0 fully saturated rings. The van der Waals surface area contributed by atoms with Gasteiger partial charge in [-0.15, -0.1) is 0 Å². The van der Waals surface area contributed by atoms with E-state index in [9.17, 15) is 13.2 Å². The Morgan fingerprint density at radius 2 is 1.95 bits per heavy atom. The van der Waals surface area contributed by atoms with Crippen molar-refractivity contribution in [3.05, 3.63) is 23.8 Å². The van der Waals surface area contributed by atoms with Crippen molar-refractivity contribution in [3.63, 3.8) is 0 Å². The van der Waals surface area contributed by atoms with Gasteiger partial charge in [-0.25, -0.2) is 18.4 Å². The van der Waals surface area contributed by atoms with Crippen LogP contribution in [0, 0.1) is 0 Å². The number of nitrogens with one attached hydrogen (secondary N) is 1. The largest absolute Gasteiger partial charge is 0.465 e. The van der Waals surface area contributed by atoms with Gasteiger partial charge in [0.1, 0.15) is 0 Å². The van der Waals surface area contributed by atoms with Crippen LogP contribution in [0.3, 0.4) is 0 Å². The molecule has 0 bridgehead atoms. The van der Waals surface area contributed by atoms with Gasteiger partial charge in [-0.2, -0.15) is 0 Å². The summed E-state index contributed by atoms with van der Waals surface area (Å²) in [5.41, 5.74) is 0.698. The molecule has 7 heteroatoms. The zero-order chi connectivity index (χ0) is 15.3. The number of esters is 1. The number of carbonyl (C=O) groups excluding carboxylic acids is 1. The van der Waals surface area contributed by atoms with Crippen LogP contribution in [-0.2, 0) is 14.8 Å². The molecule has 0 unspecified atom stereocenters. The van der Waals surface area contributed by atoms with E-state index in [-0.39, 0.29) is 16.5 Å². The first-order valence-corrected chi connectivity index (χ1v) is 7.89. The Kier molecular flexibility index (Phi) is 5.52. The molecular formula is C13H20N2O4S. The summed E-state index contributed by atoms with van der Waals surface area (Å²) in [4.78, 5) is 11.7. The van der Waals surface area contributed by atoms with E-state index in [0.717, 1.165) is 12.8 Å². The predicted molar refractivity (Wildman–Crippen MR) is 77.1 cm³/mol. The number of primary sulfonamides is 1. The van der Waals surface area contributed by atoms with Crippen LogP contribution in [0.15, 0.2) is 23.1 Å². The molecular weight excluding hydrogens is 280 g/mol. The highest BCUT2D eigenvalue weighted by Gasteiger charge is 2.18. The van der Waals surface area contributed by atoms with Gasteiger partial charge in [-0.3, -0.25) is 0 Å². The van der Waals surface area contributed by atoms with Crippen molar-refractivity contribution in [1.29, 1.82) is 0 Å². The van der Waals surface area contributed by atoms with Gasteiger partial charge in [0.2, 0.25) is 10.0 Å². The van der Waals surface area contributed by atoms with Crippen LogP contribution in [0.25, 0.3) is 0 Å². The number of methoxy groups -OCH3 is 1. The van der Waals surface area contributed by atoms with Crippen molar-refractivity contribution < 1.29 is 17.9 Å². The van der Waals surface area contributed by atoms with E-state index in [2.05, 4.69) is 10.1 Å². The minimum absolute atomic E-state index is 0.118. The van der Waals surface area contributed by atoms with Gasteiger partial charge < -0.3 is 10.1 Å². The van der Waals surface area contributed by atoms with Gasteiger partial charge in [-0.05, 0) is 31.0 Å². The zero-order valence-corrected chi connectivity index (χ0v) is 12.7. The SMILES string of the molecule is CCC(CC)Nc1ccc(S(N)(=O)=O)cc1C(=O)OC. The van der Waals surface area contributed by atoms with Crippen LogP contribution in [0.5, 0.6) is 0 Å². The Hall–Kier alpha value is -1.60. The lowest BCUT2D eigenvalue weighted by Crippen LogP contribution is -2.20. The highest BCUT2D eigenvalue weighted by Crippen LogP contribution is 2.22. The van der Waals surface area contributed by atoms with Crippen LogP contribution >= 0.6 is 0 Å². The molecule has 112 valence electrons. The Labute approximate surface area is 119 Å². The first-order valence-electron chi connectivity index (χ1n) is 6.35. The maximum atomic E-state index is 11.8. The molecule has 20 heavy (non-hydrogen) atoms. The minimum atomic E-state index is -3.86. The van der Waals surface area contributed by atoms with E-state index in [1.54, 1.807) is 0 Å². The molecule has 0 atom stereocenters. The molecule has 1 rings (SSSR count). The fourth-order valence-electron chi connectivity index (χ4n) is 1.82. The molecule has 1 aromatic carbocycles. The van der Waals surface area contributed by atoms with E-state index in [1.165, 1.54) is 25.3 Å². The molecule has 0 aromatic heterocycles. The Balaban J connectivity index is 3.27. The topological polar surface area (TPSA) is 98.5 Å². The van der Waals surface area contributed by atoms with Gasteiger partial charge in [-0.1, -0.05) is 13.8 Å². The standard InChI is InChI=1S/C13H20N2O4S/c1-4-9(5-2)15-12-7-6-10(20(14,17)18)8-11(12)13(16)19-3/h6-9,15H,4-5H2,1-3H3,(H2,14,17,18). The van der Waals surface area contributed by atoms with Crippen molar-refractivity contribution >= 4 is 21.7 Å². The van der Waals surface area contributed by atoms with E-state index in [4.69, 9.17) is 5.14 Å². The summed E-state index contributed by atoms with van der Waals surface area (Å²) < 4.78 is 27.4. The molecule has 1 aromatic rings. The van der Waals surface area contributed by atoms with Crippen molar-refractivity contribution in [2.24, 2.45) is 5.14 Å². The fourth-order valence-corrected chi connectivity index (χ4v) is 2.36. The molecule has 0 aliphatic heterocycles. The first-order chi connectivity index (χ1) is 9.33. The maximum absolute atomic E-state index is 11.8. The van der Waals surface area contributed by atoms with E-state index in [0.29, 0.717) is 5.69 Å². The Morgan fingerprint density at radius 1 is 1.35 bits per heavy atom. The molecule has 0 saturated heterocycles. The fraction of sp³-hybridized carbons (Fsp3) is 0.462. The number of hydrogen-bond donors (Lipinski definition) is 2. The molecule has 0 aliphatic carbocycles. The number of benzene rings is 1. The van der Waals surface area contributed by atoms with Gasteiger partial charge in [0.25, 0.3) is 0 Å². The van der Waals surface area contributed by atoms with Crippen molar-refractivity contribution in [1.82, 2.24) is 0 Å². The normalized spacial score (nSPS) is 11.4. The van der Waals surface area contributed by atoms with Crippen LogP contribution in [0.4, 0.5) is 5.69 Å². The lowest BCUT2D eigenvalue weighted by Gasteiger charge is -2.18. The molecule has 0 heterocycles. The number of ether oxygens (including phenoxy) is 1. The average Bonchev–Trinajstić information content (AvgIpc) is 2.42. The lowest BCUT2D eigenvalue weighted by molar-refractivity contribution is 0.0601. The summed E-state index contributed by atoms with van der Waals surface area (Å²) in [5.74, 6) is -0.607. The molecule has 0 saturated carbocycles. The molecule has 0 spiro atoms. The van der Waals surface area contributed by atoms with E-state index >= 15 is 0 Å². The molecule has 0 radical (unpaired) electrons. The third kappa shape index (κ3) is 3.94. The monoisotopic (exact) mass is 300 g/mol. The number of nitrogens with two attached hydrogens (primary N) is 1. The summed E-state index contributed by atoms with van der Waals surface area (Å²) in [6.07, 6.45) is 1.77. The Bertz CT molecular complexity index is 580. The van der Waals surface area contributed by atoms with Crippen LogP contribution in [0.2, 0.25) is 0 Å². The second kappa shape index (κ2) is 6.71. The number of carbonyl (C=O) groups is 1. The van der Waals surface area contributed by atoms with Gasteiger partial charge >= 0.3 is 5.97 Å². The molecule has 6 nitrogen and oxygen atoms in total.